The molecule has 0 atom stereocenters. The molecule has 1 heterocycles. The lowest BCUT2D eigenvalue weighted by Gasteiger charge is -2.11. The van der Waals surface area contributed by atoms with Crippen LogP contribution in [0, 0.1) is 18.6 Å². The molecule has 0 saturated heterocycles. The van der Waals surface area contributed by atoms with Crippen molar-refractivity contribution >= 4 is 17.5 Å². The van der Waals surface area contributed by atoms with Crippen LogP contribution in [0.5, 0.6) is 11.5 Å². The van der Waals surface area contributed by atoms with E-state index >= 15 is 0 Å². The van der Waals surface area contributed by atoms with Gasteiger partial charge in [0.1, 0.15) is 41.2 Å². The number of ether oxygens (including phenoxy) is 2. The second-order valence-electron chi connectivity index (χ2n) is 5.89. The molecule has 0 spiro atoms. The molecule has 0 fully saturated rings. The highest BCUT2D eigenvalue weighted by atomic mass is 19.1. The number of rotatable bonds is 8. The summed E-state index contributed by atoms with van der Waals surface area (Å²) in [5, 5.41) is 5.70. The molecule has 0 aliphatic rings. The molecule has 146 valence electrons. The van der Waals surface area contributed by atoms with Crippen LogP contribution in [0.15, 0.2) is 48.5 Å². The van der Waals surface area contributed by atoms with Gasteiger partial charge in [-0.15, -0.1) is 0 Å². The first-order valence-electron chi connectivity index (χ1n) is 8.62. The highest BCUT2D eigenvalue weighted by Gasteiger charge is 2.10. The molecule has 28 heavy (non-hydrogen) atoms. The van der Waals surface area contributed by atoms with Crippen molar-refractivity contribution in [3.8, 4) is 11.5 Å². The van der Waals surface area contributed by atoms with E-state index in [0.717, 1.165) is 5.75 Å². The Balaban J connectivity index is 1.58. The zero-order valence-electron chi connectivity index (χ0n) is 15.5. The molecule has 0 bridgehead atoms. The number of aryl methyl sites for hydroxylation is 1. The maximum absolute atomic E-state index is 13.8. The third-order valence-electron chi connectivity index (χ3n) is 3.78. The van der Waals surface area contributed by atoms with Crippen LogP contribution in [0.25, 0.3) is 0 Å². The zero-order valence-corrected chi connectivity index (χ0v) is 15.5. The van der Waals surface area contributed by atoms with Gasteiger partial charge in [0, 0.05) is 11.8 Å². The van der Waals surface area contributed by atoms with Crippen molar-refractivity contribution in [1.29, 1.82) is 0 Å². The molecule has 0 aliphatic carbocycles. The number of para-hydroxylation sites is 1. The largest absolute Gasteiger partial charge is 0.497 e. The van der Waals surface area contributed by atoms with E-state index in [-0.39, 0.29) is 11.5 Å². The Kier molecular flexibility index (Phi) is 6.21. The molecule has 8 heteroatoms. The fourth-order valence-corrected chi connectivity index (χ4v) is 2.46. The molecule has 0 amide bonds. The third-order valence-corrected chi connectivity index (χ3v) is 3.78. The van der Waals surface area contributed by atoms with Gasteiger partial charge in [0.2, 0.25) is 5.95 Å². The Hall–Kier alpha value is -3.42. The maximum atomic E-state index is 13.8. The minimum Gasteiger partial charge on any atom is -0.497 e. The van der Waals surface area contributed by atoms with Gasteiger partial charge < -0.3 is 20.1 Å². The van der Waals surface area contributed by atoms with Crippen LogP contribution in [-0.2, 0) is 0 Å². The molecule has 0 saturated carbocycles. The highest BCUT2D eigenvalue weighted by Crippen LogP contribution is 2.23. The number of halogens is 2. The third kappa shape index (κ3) is 5.06. The molecular formula is C20H20F2N4O2. The highest BCUT2D eigenvalue weighted by molar-refractivity contribution is 5.59. The Morgan fingerprint density at radius 2 is 1.64 bits per heavy atom. The van der Waals surface area contributed by atoms with Crippen LogP contribution in [0.4, 0.5) is 26.2 Å². The summed E-state index contributed by atoms with van der Waals surface area (Å²) in [5.74, 6) is 0.695. The van der Waals surface area contributed by atoms with Crippen LogP contribution in [0.1, 0.15) is 5.69 Å². The topological polar surface area (TPSA) is 68.3 Å². The lowest BCUT2D eigenvalue weighted by molar-refractivity contribution is 0.331. The zero-order chi connectivity index (χ0) is 19.9. The summed E-state index contributed by atoms with van der Waals surface area (Å²) in [6, 6.07) is 12.5. The number of anilines is 3. The smallest absolute Gasteiger partial charge is 0.224 e. The van der Waals surface area contributed by atoms with Crippen molar-refractivity contribution in [1.82, 2.24) is 9.97 Å². The normalized spacial score (nSPS) is 10.4. The van der Waals surface area contributed by atoms with E-state index in [1.54, 1.807) is 20.1 Å². The second-order valence-corrected chi connectivity index (χ2v) is 5.89. The summed E-state index contributed by atoms with van der Waals surface area (Å²) < 4.78 is 38.3. The number of hydrogen-bond donors (Lipinski definition) is 2. The predicted octanol–water partition coefficient (Wildman–Crippen LogP) is 4.31. The maximum Gasteiger partial charge on any atom is 0.224 e. The molecule has 3 aromatic rings. The van der Waals surface area contributed by atoms with Gasteiger partial charge in [-0.2, -0.15) is 4.98 Å². The summed E-state index contributed by atoms with van der Waals surface area (Å²) in [6.45, 7) is 2.60. The molecular weight excluding hydrogens is 366 g/mol. The first-order chi connectivity index (χ1) is 13.5. The van der Waals surface area contributed by atoms with Crippen LogP contribution < -0.4 is 20.1 Å². The van der Waals surface area contributed by atoms with Crippen LogP contribution in [0.3, 0.4) is 0 Å². The van der Waals surface area contributed by atoms with Gasteiger partial charge in [-0.1, -0.05) is 6.07 Å². The Morgan fingerprint density at radius 1 is 0.964 bits per heavy atom. The van der Waals surface area contributed by atoms with E-state index in [1.165, 1.54) is 18.2 Å². The predicted molar refractivity (Wildman–Crippen MR) is 103 cm³/mol. The standard InChI is InChI=1S/C20H20F2N4O2/c1-13-12-18(25-19-16(21)4-3-5-17(19)22)26-20(24-13)23-10-11-28-15-8-6-14(27-2)7-9-15/h3-9,12H,10-11H2,1-2H3,(H2,23,24,25,26). The lowest BCUT2D eigenvalue weighted by Crippen LogP contribution is -2.14. The Labute approximate surface area is 161 Å². The van der Waals surface area contributed by atoms with Gasteiger partial charge in [0.25, 0.3) is 0 Å². The minimum atomic E-state index is -0.696. The van der Waals surface area contributed by atoms with E-state index in [1.807, 2.05) is 24.3 Å². The number of nitrogens with zero attached hydrogens (tertiary/aromatic N) is 2. The number of nitrogens with one attached hydrogen (secondary N) is 2. The monoisotopic (exact) mass is 386 g/mol. The van der Waals surface area contributed by atoms with E-state index in [0.29, 0.717) is 30.5 Å². The van der Waals surface area contributed by atoms with Crippen LogP contribution in [0.2, 0.25) is 0 Å². The summed E-state index contributed by atoms with van der Waals surface area (Å²) in [7, 11) is 1.60. The van der Waals surface area contributed by atoms with Crippen molar-refractivity contribution in [2.75, 3.05) is 30.9 Å². The van der Waals surface area contributed by atoms with Crippen molar-refractivity contribution in [3.05, 3.63) is 65.9 Å². The SMILES string of the molecule is COc1ccc(OCCNc2nc(C)cc(Nc3c(F)cccc3F)n2)cc1. The van der Waals surface area contributed by atoms with Gasteiger partial charge in [-0.25, -0.2) is 13.8 Å². The van der Waals surface area contributed by atoms with Crippen LogP contribution >= 0.6 is 0 Å². The summed E-state index contributed by atoms with van der Waals surface area (Å²) in [4.78, 5) is 8.51. The fourth-order valence-electron chi connectivity index (χ4n) is 2.46. The number of methoxy groups -OCH3 is 1. The molecule has 3 rings (SSSR count). The Morgan fingerprint density at radius 3 is 2.32 bits per heavy atom. The first kappa shape index (κ1) is 19.3. The summed E-state index contributed by atoms with van der Waals surface area (Å²) in [6.07, 6.45) is 0. The van der Waals surface area contributed by atoms with Crippen LogP contribution in [-0.4, -0.2) is 30.2 Å². The quantitative estimate of drug-likeness (QED) is 0.563. The second kappa shape index (κ2) is 8.98. The van der Waals surface area contributed by atoms with Gasteiger partial charge in [0.05, 0.1) is 13.7 Å². The average Bonchev–Trinajstić information content (AvgIpc) is 2.68. The molecule has 1 aromatic heterocycles. The number of hydrogen-bond acceptors (Lipinski definition) is 6. The van der Waals surface area contributed by atoms with E-state index in [4.69, 9.17) is 9.47 Å². The van der Waals surface area contributed by atoms with Gasteiger partial charge in [-0.05, 0) is 43.3 Å². The lowest BCUT2D eigenvalue weighted by atomic mass is 10.3. The van der Waals surface area contributed by atoms with E-state index < -0.39 is 11.6 Å². The molecule has 0 unspecified atom stereocenters. The summed E-state index contributed by atoms with van der Waals surface area (Å²) >= 11 is 0. The van der Waals surface area contributed by atoms with Crippen molar-refractivity contribution < 1.29 is 18.3 Å². The molecule has 0 radical (unpaired) electrons. The minimum absolute atomic E-state index is 0.255. The average molecular weight is 386 g/mol. The van der Waals surface area contributed by atoms with Gasteiger partial charge >= 0.3 is 0 Å². The van der Waals surface area contributed by atoms with E-state index in [2.05, 4.69) is 20.6 Å². The molecule has 2 aromatic carbocycles. The van der Waals surface area contributed by atoms with Crippen molar-refractivity contribution in [3.63, 3.8) is 0 Å². The molecule has 0 aliphatic heterocycles. The number of aromatic nitrogens is 2. The Bertz CT molecular complexity index is 916. The fraction of sp³-hybridized carbons (Fsp3) is 0.200. The van der Waals surface area contributed by atoms with Gasteiger partial charge in [-0.3, -0.25) is 0 Å². The van der Waals surface area contributed by atoms with E-state index in [9.17, 15) is 8.78 Å². The van der Waals surface area contributed by atoms with Crippen molar-refractivity contribution in [2.24, 2.45) is 0 Å². The van der Waals surface area contributed by atoms with Crippen molar-refractivity contribution in [2.45, 2.75) is 6.92 Å². The first-order valence-corrected chi connectivity index (χ1v) is 8.62. The van der Waals surface area contributed by atoms with Gasteiger partial charge in [0.15, 0.2) is 0 Å². The molecule has 6 nitrogen and oxygen atoms in total. The summed E-state index contributed by atoms with van der Waals surface area (Å²) in [5.41, 5.74) is 0.391. The number of benzene rings is 2. The molecule has 2 N–H and O–H groups in total.